The molecule has 0 saturated heterocycles. The molecule has 0 aliphatic rings. The van der Waals surface area contributed by atoms with Gasteiger partial charge in [-0.05, 0) is 94.4 Å². The molecule has 115 heavy (non-hydrogen) atoms. The van der Waals surface area contributed by atoms with Gasteiger partial charge >= 0.3 is 29.8 Å². The number of nitrogens with two attached hydrogens (primary N) is 5. The van der Waals surface area contributed by atoms with Crippen molar-refractivity contribution in [1.29, 1.82) is 0 Å². The molecule has 1 aromatic rings. The maximum atomic E-state index is 14.7. The lowest BCUT2D eigenvalue weighted by atomic mass is 9.97. The van der Waals surface area contributed by atoms with Gasteiger partial charge in [0.25, 0.3) is 0 Å². The van der Waals surface area contributed by atoms with Gasteiger partial charge in [0.1, 0.15) is 66.5 Å². The summed E-state index contributed by atoms with van der Waals surface area (Å²) in [7, 11) is 0. The van der Waals surface area contributed by atoms with E-state index in [1.165, 1.54) is 13.8 Å². The SMILES string of the molecule is CC[C@H](C)[C@H](NC(=O)CCCCCCCCC(=O)O)C(=O)N[C@@H](C)C(=O)N[C@@H](CCC(N)=O)C(=O)N[C@@H](CCC(=O)O)C(=O)N[C@@H](CC(C)C)C(=O)N[C@@H](CCCN=C(N)N)C(=O)N[C@@H](CCCN=C(N)N)C(=O)N[C@H](C(=O)NCC(=O)N[C@H](CC(=O)O)C(=O)N[C@@H](CCC(=O)O)C(=O)N[C@@H](Cc1ccccc1)C(=O)O)[C@@H](C)CC. The monoisotopic (exact) mass is 1630 g/mol. The van der Waals surface area contributed by atoms with Gasteiger partial charge in [0.2, 0.25) is 76.8 Å². The molecule has 0 spiro atoms. The summed E-state index contributed by atoms with van der Waals surface area (Å²) in [5.74, 6) is -22.3. The molecule has 1 rings (SSSR count). The number of nitrogens with zero attached hydrogens (tertiary/aromatic N) is 2. The van der Waals surface area contributed by atoms with Crippen LogP contribution < -0.4 is 92.5 Å². The molecule has 644 valence electrons. The molecule has 0 aromatic heterocycles. The van der Waals surface area contributed by atoms with Crippen molar-refractivity contribution in [2.24, 2.45) is 56.4 Å². The van der Waals surface area contributed by atoms with Crippen molar-refractivity contribution < 1.29 is 112 Å². The summed E-state index contributed by atoms with van der Waals surface area (Å²) in [5, 5.41) is 76.9. The third-order valence-corrected chi connectivity index (χ3v) is 18.1. The zero-order valence-corrected chi connectivity index (χ0v) is 66.2. The van der Waals surface area contributed by atoms with Gasteiger partial charge in [-0.3, -0.25) is 91.5 Å². The number of amides is 13. The van der Waals surface area contributed by atoms with Crippen LogP contribution in [0.25, 0.3) is 0 Å². The highest BCUT2D eigenvalue weighted by molar-refractivity contribution is 6.00. The molecule has 42 nitrogen and oxygen atoms in total. The Kier molecular flexibility index (Phi) is 48.3. The van der Waals surface area contributed by atoms with Crippen molar-refractivity contribution in [3.05, 3.63) is 35.9 Å². The van der Waals surface area contributed by atoms with Gasteiger partial charge in [0.15, 0.2) is 11.9 Å². The van der Waals surface area contributed by atoms with Gasteiger partial charge in [-0.2, -0.15) is 0 Å². The van der Waals surface area contributed by atoms with Crippen LogP contribution in [0.3, 0.4) is 0 Å². The Labute approximate surface area is 666 Å². The third-order valence-electron chi connectivity index (χ3n) is 18.1. The standard InChI is InChI=1S/C73H119N19O23/c1-8-40(5)59(69(112)81-38-54(95)83-50(37-58(102)103)68(111)88-48(29-32-57(100)101)65(108)90-51(71(114)115)36-43-21-15-14-16-22-43)92-66(109)45(24-20-34-80-73(77)78)85-62(105)44(23-19-33-79-72(75)76)86-67(110)49(35-39(3)4)89-64(107)47(28-31-56(98)99)87-63(106)46(27-30-52(74)93)84-61(104)42(7)82-70(113)60(41(6)9-2)91-53(94)25-17-12-10-11-13-18-26-55(96)97/h14-16,21-22,39-42,44-51,59-60H,8-13,17-20,23-38H2,1-7H3,(H2,74,93)(H,81,112)(H,82,113)(H,83,95)(H,84,104)(H,85,105)(H,86,110)(H,87,106)(H,88,111)(H,89,107)(H,90,108)(H,91,94)(H,92,109)(H,96,97)(H,98,99)(H,100,101)(H,102,103)(H,114,115)(H4,75,76,79)(H4,77,78,80)/t40-,41-,42-,44-,45-,46-,47-,48-,49-,50+,51-,59-,60-/m0/s1. The van der Waals surface area contributed by atoms with Crippen LogP contribution in [0, 0.1) is 17.8 Å². The molecular weight excluding hydrogens is 1510 g/mol. The minimum absolute atomic E-state index is 0.0194. The summed E-state index contributed by atoms with van der Waals surface area (Å²) in [4.78, 5) is 247. The molecular formula is C73H119N19O23. The van der Waals surface area contributed by atoms with Crippen molar-refractivity contribution in [2.75, 3.05) is 19.6 Å². The molecule has 0 heterocycles. The minimum atomic E-state index is -1.99. The normalized spacial score (nSPS) is 14.3. The quantitative estimate of drug-likeness (QED) is 0.0173. The van der Waals surface area contributed by atoms with E-state index >= 15 is 0 Å². The van der Waals surface area contributed by atoms with E-state index in [1.807, 2.05) is 0 Å². The number of carbonyl (C=O) groups is 18. The first kappa shape index (κ1) is 101. The number of guanidine groups is 2. The van der Waals surface area contributed by atoms with Crippen molar-refractivity contribution in [2.45, 2.75) is 263 Å². The van der Waals surface area contributed by atoms with Crippen LogP contribution in [0.1, 0.15) is 195 Å². The molecule has 0 aliphatic heterocycles. The molecule has 13 amide bonds. The van der Waals surface area contributed by atoms with Crippen LogP contribution in [0.4, 0.5) is 0 Å². The number of benzene rings is 1. The lowest BCUT2D eigenvalue weighted by Gasteiger charge is -2.29. The predicted molar refractivity (Wildman–Crippen MR) is 415 cm³/mol. The van der Waals surface area contributed by atoms with E-state index in [9.17, 15) is 107 Å². The van der Waals surface area contributed by atoms with Crippen LogP contribution in [-0.4, -0.2) is 230 Å². The fraction of sp³-hybridized carbons (Fsp3) is 0.644. The average molecular weight is 1630 g/mol. The molecule has 0 aliphatic carbocycles. The Balaban J connectivity index is 3.62. The summed E-state index contributed by atoms with van der Waals surface area (Å²) in [6.07, 6.45) is -1.12. The number of hydrogen-bond acceptors (Lipinski definition) is 20. The average Bonchev–Trinajstić information content (AvgIpc) is 0.859. The van der Waals surface area contributed by atoms with Crippen LogP contribution in [0.2, 0.25) is 0 Å². The second-order valence-corrected chi connectivity index (χ2v) is 28.3. The lowest BCUT2D eigenvalue weighted by molar-refractivity contribution is -0.143. The number of carboxylic acids is 5. The number of aliphatic carboxylic acids is 5. The zero-order valence-electron chi connectivity index (χ0n) is 66.2. The number of nitrogens with one attached hydrogen (secondary N) is 12. The Morgan fingerprint density at radius 2 is 0.757 bits per heavy atom. The largest absolute Gasteiger partial charge is 0.481 e. The Bertz CT molecular complexity index is 3500. The molecule has 0 unspecified atom stereocenters. The van der Waals surface area contributed by atoms with Gasteiger partial charge in [0.05, 0.1) is 13.0 Å². The maximum absolute atomic E-state index is 14.7. The van der Waals surface area contributed by atoms with E-state index in [2.05, 4.69) is 73.8 Å². The number of rotatable bonds is 60. The first-order chi connectivity index (χ1) is 54.1. The number of carbonyl (C=O) groups excluding carboxylic acids is 13. The van der Waals surface area contributed by atoms with Gasteiger partial charge in [-0.25, -0.2) is 4.79 Å². The molecule has 13 atom stereocenters. The van der Waals surface area contributed by atoms with E-state index in [-0.39, 0.29) is 82.8 Å². The molecule has 27 N–H and O–H groups in total. The van der Waals surface area contributed by atoms with E-state index in [0.29, 0.717) is 31.2 Å². The van der Waals surface area contributed by atoms with E-state index in [0.717, 1.165) is 19.3 Å². The van der Waals surface area contributed by atoms with E-state index < -0.39 is 242 Å². The summed E-state index contributed by atoms with van der Waals surface area (Å²) < 4.78 is 0. The Morgan fingerprint density at radius 3 is 1.18 bits per heavy atom. The van der Waals surface area contributed by atoms with Crippen LogP contribution in [-0.2, 0) is 92.7 Å². The number of hydrogen-bond donors (Lipinski definition) is 22. The highest BCUT2D eigenvalue weighted by atomic mass is 16.4. The fourth-order valence-corrected chi connectivity index (χ4v) is 11.3. The van der Waals surface area contributed by atoms with Gasteiger partial charge in [-0.1, -0.05) is 110 Å². The highest BCUT2D eigenvalue weighted by Gasteiger charge is 2.38. The summed E-state index contributed by atoms with van der Waals surface area (Å²) in [6.45, 7) is 10.0. The van der Waals surface area contributed by atoms with Crippen LogP contribution >= 0.6 is 0 Å². The van der Waals surface area contributed by atoms with Crippen LogP contribution in [0.5, 0.6) is 0 Å². The van der Waals surface area contributed by atoms with Gasteiger partial charge in [0, 0.05) is 51.6 Å². The second-order valence-electron chi connectivity index (χ2n) is 28.3. The zero-order chi connectivity index (χ0) is 87.0. The van der Waals surface area contributed by atoms with Crippen molar-refractivity contribution in [1.82, 2.24) is 63.8 Å². The molecule has 0 fully saturated rings. The van der Waals surface area contributed by atoms with Crippen molar-refractivity contribution >= 4 is 119 Å². The first-order valence-electron chi connectivity index (χ1n) is 38.2. The lowest BCUT2D eigenvalue weighted by Crippen LogP contribution is -2.60. The van der Waals surface area contributed by atoms with E-state index in [4.69, 9.17) is 33.8 Å². The number of primary amides is 1. The Hall–Kier alpha value is -11.8. The molecule has 0 bridgehead atoms. The van der Waals surface area contributed by atoms with Crippen molar-refractivity contribution in [3.63, 3.8) is 0 Å². The van der Waals surface area contributed by atoms with Crippen molar-refractivity contribution in [3.8, 4) is 0 Å². The second kappa shape index (κ2) is 54.8. The first-order valence-corrected chi connectivity index (χ1v) is 38.2. The maximum Gasteiger partial charge on any atom is 0.326 e. The number of carboxylic acid groups (broad SMARTS) is 5. The highest BCUT2D eigenvalue weighted by Crippen LogP contribution is 2.16. The molecule has 42 heteroatoms. The summed E-state index contributed by atoms with van der Waals surface area (Å²) in [6, 6.07) is -9.57. The third kappa shape index (κ3) is 43.7. The number of aliphatic imine (C=N–C) groups is 2. The minimum Gasteiger partial charge on any atom is -0.481 e. The molecule has 1 aromatic carbocycles. The van der Waals surface area contributed by atoms with Gasteiger partial charge < -0.3 is 118 Å². The number of unbranched alkanes of at least 4 members (excludes halogenated alkanes) is 5. The Morgan fingerprint density at radius 1 is 0.365 bits per heavy atom. The topological polar surface area (TPSA) is 708 Å². The summed E-state index contributed by atoms with van der Waals surface area (Å²) in [5.41, 5.74) is 28.2. The predicted octanol–water partition coefficient (Wildman–Crippen LogP) is -3.30. The molecule has 0 saturated carbocycles. The fourth-order valence-electron chi connectivity index (χ4n) is 11.3. The van der Waals surface area contributed by atoms with Gasteiger partial charge in [-0.15, -0.1) is 0 Å². The smallest absolute Gasteiger partial charge is 0.326 e. The van der Waals surface area contributed by atoms with E-state index in [1.54, 1.807) is 65.0 Å². The van der Waals surface area contributed by atoms with Crippen LogP contribution in [0.15, 0.2) is 40.3 Å². The summed E-state index contributed by atoms with van der Waals surface area (Å²) >= 11 is 0. The molecule has 0 radical (unpaired) electrons.